The van der Waals surface area contributed by atoms with Gasteiger partial charge in [0.25, 0.3) is 5.69 Å². The summed E-state index contributed by atoms with van der Waals surface area (Å²) in [4.78, 5) is 14.9. The van der Waals surface area contributed by atoms with Crippen LogP contribution in [0.1, 0.15) is 5.56 Å². The van der Waals surface area contributed by atoms with E-state index >= 15 is 0 Å². The zero-order valence-electron chi connectivity index (χ0n) is 13.9. The molecule has 0 aliphatic rings. The van der Waals surface area contributed by atoms with E-state index in [0.717, 1.165) is 22.6 Å². The molecule has 3 aromatic rings. The minimum absolute atomic E-state index is 0.0609. The predicted octanol–water partition coefficient (Wildman–Crippen LogP) is 5.45. The molecule has 0 saturated heterocycles. The first kappa shape index (κ1) is 17.1. The Bertz CT molecular complexity index is 918. The van der Waals surface area contributed by atoms with E-state index in [-0.39, 0.29) is 5.69 Å². The zero-order chi connectivity index (χ0) is 18.2. The molecule has 0 aliphatic carbocycles. The summed E-state index contributed by atoms with van der Waals surface area (Å²) in [5, 5.41) is 14.2. The third kappa shape index (κ3) is 4.64. The number of hydrogen-bond donors (Lipinski definition) is 1. The smallest absolute Gasteiger partial charge is 0.269 e. The third-order valence-electron chi connectivity index (χ3n) is 3.66. The largest absolute Gasteiger partial charge is 0.355 e. The molecule has 0 spiro atoms. The number of nitrogens with zero attached hydrogens (tertiary/aromatic N) is 2. The lowest BCUT2D eigenvalue weighted by Crippen LogP contribution is -1.99. The van der Waals surface area contributed by atoms with Crippen molar-refractivity contribution in [1.82, 2.24) is 0 Å². The van der Waals surface area contributed by atoms with Crippen molar-refractivity contribution in [3.8, 4) is 0 Å². The van der Waals surface area contributed by atoms with Gasteiger partial charge in [0.1, 0.15) is 0 Å². The van der Waals surface area contributed by atoms with Crippen LogP contribution in [0.15, 0.2) is 96.0 Å². The quantitative estimate of drug-likeness (QED) is 0.367. The fraction of sp³-hybridized carbons (Fsp3) is 0. The number of nitrogens with one attached hydrogen (secondary N) is 1. The van der Waals surface area contributed by atoms with Crippen molar-refractivity contribution >= 4 is 29.0 Å². The van der Waals surface area contributed by atoms with Crippen molar-refractivity contribution in [3.05, 3.63) is 107 Å². The lowest BCUT2D eigenvalue weighted by atomic mass is 10.1. The Hall–Kier alpha value is -3.73. The van der Waals surface area contributed by atoms with Crippen LogP contribution in [0.25, 0.3) is 5.70 Å². The number of anilines is 1. The third-order valence-corrected chi connectivity index (χ3v) is 3.66. The SMILES string of the molecule is O=[N+]([O-])c1ccc(C(=CC=Nc2ccccc2)Nc2ccccc2)cc1. The molecule has 3 rings (SSSR count). The normalized spacial score (nSPS) is 11.5. The molecular formula is C21H17N3O2. The van der Waals surface area contributed by atoms with Crippen molar-refractivity contribution in [2.24, 2.45) is 4.99 Å². The van der Waals surface area contributed by atoms with Crippen LogP contribution in [-0.4, -0.2) is 11.1 Å². The Morgan fingerprint density at radius 2 is 1.50 bits per heavy atom. The fourth-order valence-corrected chi connectivity index (χ4v) is 2.36. The highest BCUT2D eigenvalue weighted by atomic mass is 16.6. The number of hydrogen-bond acceptors (Lipinski definition) is 4. The van der Waals surface area contributed by atoms with Crippen LogP contribution in [0.4, 0.5) is 17.1 Å². The van der Waals surface area contributed by atoms with E-state index in [1.807, 2.05) is 66.7 Å². The maximum atomic E-state index is 10.9. The van der Waals surface area contributed by atoms with Gasteiger partial charge in [-0.05, 0) is 48.0 Å². The van der Waals surface area contributed by atoms with Crippen molar-refractivity contribution in [2.75, 3.05) is 5.32 Å². The van der Waals surface area contributed by atoms with Crippen LogP contribution in [-0.2, 0) is 0 Å². The van der Waals surface area contributed by atoms with Gasteiger partial charge in [0.05, 0.1) is 10.6 Å². The molecular weight excluding hydrogens is 326 g/mol. The average molecular weight is 343 g/mol. The maximum absolute atomic E-state index is 10.9. The molecule has 26 heavy (non-hydrogen) atoms. The number of nitro benzene ring substituents is 1. The first-order chi connectivity index (χ1) is 12.7. The van der Waals surface area contributed by atoms with E-state index in [0.29, 0.717) is 0 Å². The molecule has 128 valence electrons. The van der Waals surface area contributed by atoms with Crippen molar-refractivity contribution in [3.63, 3.8) is 0 Å². The Labute approximate surface area is 151 Å². The molecule has 0 aliphatic heterocycles. The number of para-hydroxylation sites is 2. The molecule has 0 fully saturated rings. The van der Waals surface area contributed by atoms with E-state index < -0.39 is 4.92 Å². The molecule has 0 bridgehead atoms. The van der Waals surface area contributed by atoms with Crippen LogP contribution in [0, 0.1) is 10.1 Å². The van der Waals surface area contributed by atoms with Gasteiger partial charge in [0, 0.05) is 29.7 Å². The summed E-state index contributed by atoms with van der Waals surface area (Å²) in [6, 6.07) is 25.8. The minimum atomic E-state index is -0.408. The Balaban J connectivity index is 1.89. The van der Waals surface area contributed by atoms with Gasteiger partial charge >= 0.3 is 0 Å². The van der Waals surface area contributed by atoms with Crippen LogP contribution >= 0.6 is 0 Å². The van der Waals surface area contributed by atoms with E-state index in [4.69, 9.17) is 0 Å². The van der Waals surface area contributed by atoms with Crippen molar-refractivity contribution < 1.29 is 4.92 Å². The van der Waals surface area contributed by atoms with Crippen molar-refractivity contribution in [1.29, 1.82) is 0 Å². The van der Waals surface area contributed by atoms with Gasteiger partial charge in [-0.3, -0.25) is 15.1 Å². The molecule has 0 radical (unpaired) electrons. The average Bonchev–Trinajstić information content (AvgIpc) is 2.69. The number of nitro groups is 1. The fourth-order valence-electron chi connectivity index (χ4n) is 2.36. The monoisotopic (exact) mass is 343 g/mol. The highest BCUT2D eigenvalue weighted by molar-refractivity contribution is 5.90. The second-order valence-corrected chi connectivity index (χ2v) is 5.49. The summed E-state index contributed by atoms with van der Waals surface area (Å²) in [5.41, 5.74) is 3.47. The number of rotatable bonds is 6. The summed E-state index contributed by atoms with van der Waals surface area (Å²) in [6.07, 6.45) is 3.56. The van der Waals surface area contributed by atoms with Gasteiger partial charge in [-0.2, -0.15) is 0 Å². The van der Waals surface area contributed by atoms with Gasteiger partial charge in [0.2, 0.25) is 0 Å². The van der Waals surface area contributed by atoms with E-state index in [1.54, 1.807) is 18.3 Å². The van der Waals surface area contributed by atoms with E-state index in [2.05, 4.69) is 10.3 Å². The molecule has 0 saturated carbocycles. The standard InChI is InChI=1S/C21H17N3O2/c25-24(26)20-13-11-17(12-14-20)21(23-19-9-5-2-6-10-19)15-16-22-18-7-3-1-4-8-18/h1-16,23H. The topological polar surface area (TPSA) is 67.5 Å². The second-order valence-electron chi connectivity index (χ2n) is 5.49. The van der Waals surface area contributed by atoms with Gasteiger partial charge in [0.15, 0.2) is 0 Å². The first-order valence-corrected chi connectivity index (χ1v) is 8.09. The molecule has 0 aromatic heterocycles. The summed E-state index contributed by atoms with van der Waals surface area (Å²) in [6.45, 7) is 0. The highest BCUT2D eigenvalue weighted by Crippen LogP contribution is 2.21. The summed E-state index contributed by atoms with van der Waals surface area (Å²) in [5.74, 6) is 0. The number of benzene rings is 3. The van der Waals surface area contributed by atoms with Crippen LogP contribution in [0.3, 0.4) is 0 Å². The Morgan fingerprint density at radius 1 is 0.885 bits per heavy atom. The number of non-ortho nitro benzene ring substituents is 1. The predicted molar refractivity (Wildman–Crippen MR) is 106 cm³/mol. The van der Waals surface area contributed by atoms with Gasteiger partial charge in [-0.25, -0.2) is 0 Å². The highest BCUT2D eigenvalue weighted by Gasteiger charge is 2.07. The molecule has 5 nitrogen and oxygen atoms in total. The summed E-state index contributed by atoms with van der Waals surface area (Å²) >= 11 is 0. The van der Waals surface area contributed by atoms with Crippen LogP contribution in [0.5, 0.6) is 0 Å². The van der Waals surface area contributed by atoms with Crippen LogP contribution in [0.2, 0.25) is 0 Å². The molecule has 0 amide bonds. The molecule has 5 heteroatoms. The van der Waals surface area contributed by atoms with E-state index in [1.165, 1.54) is 12.1 Å². The van der Waals surface area contributed by atoms with Gasteiger partial charge in [-0.1, -0.05) is 36.4 Å². The van der Waals surface area contributed by atoms with Crippen LogP contribution < -0.4 is 5.32 Å². The van der Waals surface area contributed by atoms with Gasteiger partial charge < -0.3 is 5.32 Å². The Kier molecular flexibility index (Phi) is 5.52. The lowest BCUT2D eigenvalue weighted by molar-refractivity contribution is -0.384. The number of aliphatic imine (C=N–C) groups is 1. The molecule has 0 heterocycles. The zero-order valence-corrected chi connectivity index (χ0v) is 13.9. The second kappa shape index (κ2) is 8.39. The minimum Gasteiger partial charge on any atom is -0.355 e. The number of allylic oxidation sites excluding steroid dienone is 1. The van der Waals surface area contributed by atoms with Gasteiger partial charge in [-0.15, -0.1) is 0 Å². The maximum Gasteiger partial charge on any atom is 0.269 e. The molecule has 3 aromatic carbocycles. The summed E-state index contributed by atoms with van der Waals surface area (Å²) < 4.78 is 0. The molecule has 0 atom stereocenters. The molecule has 0 unspecified atom stereocenters. The van der Waals surface area contributed by atoms with Crippen molar-refractivity contribution in [2.45, 2.75) is 0 Å². The Morgan fingerprint density at radius 3 is 2.12 bits per heavy atom. The summed E-state index contributed by atoms with van der Waals surface area (Å²) in [7, 11) is 0. The first-order valence-electron chi connectivity index (χ1n) is 8.09. The van der Waals surface area contributed by atoms with E-state index in [9.17, 15) is 10.1 Å². The lowest BCUT2D eigenvalue weighted by Gasteiger charge is -2.10. The molecule has 1 N–H and O–H groups in total.